The van der Waals surface area contributed by atoms with Crippen LogP contribution in [0.5, 0.6) is 0 Å². The SMILES string of the molecule is CC(CCn1cccn1)NC(=O)c1csc2nc(-c3ccccc3Cl)cn12. The topological polar surface area (TPSA) is 64.2 Å². The maximum absolute atomic E-state index is 12.7. The van der Waals surface area contributed by atoms with E-state index in [2.05, 4.69) is 15.4 Å². The van der Waals surface area contributed by atoms with Crippen LogP contribution in [0.2, 0.25) is 5.02 Å². The zero-order valence-electron chi connectivity index (χ0n) is 14.7. The van der Waals surface area contributed by atoms with Crippen molar-refractivity contribution in [3.63, 3.8) is 0 Å². The highest BCUT2D eigenvalue weighted by Crippen LogP contribution is 2.29. The maximum atomic E-state index is 12.7. The molecule has 3 heterocycles. The Morgan fingerprint density at radius 1 is 1.33 bits per heavy atom. The normalized spacial score (nSPS) is 12.4. The summed E-state index contributed by atoms with van der Waals surface area (Å²) in [5.41, 5.74) is 2.19. The zero-order valence-corrected chi connectivity index (χ0v) is 16.2. The Kier molecular flexibility index (Phi) is 4.96. The van der Waals surface area contributed by atoms with Gasteiger partial charge >= 0.3 is 0 Å². The molecule has 6 nitrogen and oxygen atoms in total. The van der Waals surface area contributed by atoms with Crippen LogP contribution in [0, 0.1) is 0 Å². The number of nitrogens with zero attached hydrogens (tertiary/aromatic N) is 4. The first kappa shape index (κ1) is 17.8. The van der Waals surface area contributed by atoms with Crippen LogP contribution >= 0.6 is 22.9 Å². The number of carbonyl (C=O) groups excluding carboxylic acids is 1. The summed E-state index contributed by atoms with van der Waals surface area (Å²) in [6.07, 6.45) is 6.32. The van der Waals surface area contributed by atoms with Crippen molar-refractivity contribution in [1.82, 2.24) is 24.5 Å². The quantitative estimate of drug-likeness (QED) is 0.530. The number of aromatic nitrogens is 4. The minimum Gasteiger partial charge on any atom is -0.348 e. The number of hydrogen-bond donors (Lipinski definition) is 1. The fourth-order valence-corrected chi connectivity index (χ4v) is 3.96. The fraction of sp³-hybridized carbons (Fsp3) is 0.211. The Morgan fingerprint density at radius 2 is 2.19 bits per heavy atom. The molecule has 27 heavy (non-hydrogen) atoms. The van der Waals surface area contributed by atoms with Crippen LogP contribution in [0.3, 0.4) is 0 Å². The molecule has 0 aliphatic carbocycles. The van der Waals surface area contributed by atoms with Gasteiger partial charge in [-0.3, -0.25) is 13.9 Å². The highest BCUT2D eigenvalue weighted by Gasteiger charge is 2.17. The molecular formula is C19H18ClN5OS. The van der Waals surface area contributed by atoms with Crippen molar-refractivity contribution in [1.29, 1.82) is 0 Å². The second-order valence-corrected chi connectivity index (χ2v) is 7.56. The van der Waals surface area contributed by atoms with Gasteiger partial charge in [-0.15, -0.1) is 11.3 Å². The van der Waals surface area contributed by atoms with E-state index in [1.165, 1.54) is 11.3 Å². The summed E-state index contributed by atoms with van der Waals surface area (Å²) in [7, 11) is 0. The van der Waals surface area contributed by atoms with Crippen molar-refractivity contribution in [2.75, 3.05) is 0 Å². The molecule has 1 atom stereocenters. The van der Waals surface area contributed by atoms with Crippen molar-refractivity contribution in [2.45, 2.75) is 25.9 Å². The molecular weight excluding hydrogens is 382 g/mol. The summed E-state index contributed by atoms with van der Waals surface area (Å²) in [4.78, 5) is 18.1. The first-order valence-electron chi connectivity index (χ1n) is 8.61. The summed E-state index contributed by atoms with van der Waals surface area (Å²) in [5, 5.41) is 9.70. The number of nitrogens with one attached hydrogen (secondary N) is 1. The number of thiazole rings is 1. The summed E-state index contributed by atoms with van der Waals surface area (Å²) >= 11 is 7.71. The molecule has 138 valence electrons. The number of imidazole rings is 1. The molecule has 0 saturated heterocycles. The van der Waals surface area contributed by atoms with Crippen LogP contribution in [-0.4, -0.2) is 31.1 Å². The molecule has 1 unspecified atom stereocenters. The van der Waals surface area contributed by atoms with Crippen LogP contribution in [0.4, 0.5) is 0 Å². The molecule has 1 N–H and O–H groups in total. The lowest BCUT2D eigenvalue weighted by Crippen LogP contribution is -2.34. The summed E-state index contributed by atoms with van der Waals surface area (Å²) in [6.45, 7) is 2.75. The van der Waals surface area contributed by atoms with E-state index in [-0.39, 0.29) is 11.9 Å². The number of amides is 1. The number of carbonyl (C=O) groups is 1. The van der Waals surface area contributed by atoms with E-state index in [0.717, 1.165) is 29.2 Å². The van der Waals surface area contributed by atoms with E-state index in [0.29, 0.717) is 10.7 Å². The van der Waals surface area contributed by atoms with Crippen LogP contribution in [0.1, 0.15) is 23.8 Å². The van der Waals surface area contributed by atoms with Gasteiger partial charge in [0.1, 0.15) is 5.69 Å². The van der Waals surface area contributed by atoms with Gasteiger partial charge in [0.15, 0.2) is 4.96 Å². The molecule has 4 aromatic rings. The second-order valence-electron chi connectivity index (χ2n) is 6.31. The Hall–Kier alpha value is -2.64. The smallest absolute Gasteiger partial charge is 0.269 e. The average molecular weight is 400 g/mol. The minimum atomic E-state index is -0.114. The molecule has 1 aromatic carbocycles. The van der Waals surface area contributed by atoms with Crippen LogP contribution in [0.15, 0.2) is 54.3 Å². The van der Waals surface area contributed by atoms with Crippen LogP contribution in [-0.2, 0) is 6.54 Å². The summed E-state index contributed by atoms with van der Waals surface area (Å²) in [6, 6.07) is 9.48. The minimum absolute atomic E-state index is 0.0307. The number of aryl methyl sites for hydroxylation is 1. The van der Waals surface area contributed by atoms with Crippen molar-refractivity contribution in [3.8, 4) is 11.3 Å². The van der Waals surface area contributed by atoms with Gasteiger partial charge in [-0.1, -0.05) is 29.8 Å². The molecule has 8 heteroatoms. The molecule has 0 bridgehead atoms. The van der Waals surface area contributed by atoms with Gasteiger partial charge in [0.25, 0.3) is 5.91 Å². The Bertz CT molecular complexity index is 1070. The van der Waals surface area contributed by atoms with Gasteiger partial charge in [0.05, 0.1) is 10.7 Å². The summed E-state index contributed by atoms with van der Waals surface area (Å²) in [5.74, 6) is -0.114. The van der Waals surface area contributed by atoms with Gasteiger partial charge in [0, 0.05) is 42.1 Å². The van der Waals surface area contributed by atoms with Crippen molar-refractivity contribution >= 4 is 33.8 Å². The van der Waals surface area contributed by atoms with E-state index in [1.807, 2.05) is 64.1 Å². The molecule has 4 rings (SSSR count). The van der Waals surface area contributed by atoms with Crippen molar-refractivity contribution < 1.29 is 4.79 Å². The van der Waals surface area contributed by atoms with Gasteiger partial charge < -0.3 is 5.32 Å². The van der Waals surface area contributed by atoms with Gasteiger partial charge in [0.2, 0.25) is 0 Å². The van der Waals surface area contributed by atoms with Crippen molar-refractivity contribution in [2.24, 2.45) is 0 Å². The van der Waals surface area contributed by atoms with Crippen LogP contribution < -0.4 is 5.32 Å². The molecule has 0 saturated carbocycles. The molecule has 0 radical (unpaired) electrons. The van der Waals surface area contributed by atoms with E-state index in [1.54, 1.807) is 6.20 Å². The fourth-order valence-electron chi connectivity index (χ4n) is 2.87. The Morgan fingerprint density at radius 3 is 2.96 bits per heavy atom. The largest absolute Gasteiger partial charge is 0.348 e. The molecule has 0 spiro atoms. The molecule has 0 aliphatic heterocycles. The van der Waals surface area contributed by atoms with E-state index >= 15 is 0 Å². The molecule has 0 aliphatic rings. The molecule has 0 fully saturated rings. The van der Waals surface area contributed by atoms with Gasteiger partial charge in [-0.05, 0) is 25.5 Å². The van der Waals surface area contributed by atoms with Crippen molar-refractivity contribution in [3.05, 3.63) is 65.0 Å². The lowest BCUT2D eigenvalue weighted by molar-refractivity contribution is 0.0931. The standard InChI is InChI=1S/C19H18ClN5OS/c1-13(7-10-24-9-4-8-21-24)22-18(26)17-12-27-19-23-16(11-25(17)19)14-5-2-3-6-15(14)20/h2-6,8-9,11-13H,7,10H2,1H3,(H,22,26). The third-order valence-electron chi connectivity index (χ3n) is 4.32. The third kappa shape index (κ3) is 3.74. The maximum Gasteiger partial charge on any atom is 0.269 e. The number of hydrogen-bond acceptors (Lipinski definition) is 4. The van der Waals surface area contributed by atoms with E-state index < -0.39 is 0 Å². The lowest BCUT2D eigenvalue weighted by Gasteiger charge is -2.13. The third-order valence-corrected chi connectivity index (χ3v) is 5.49. The monoisotopic (exact) mass is 399 g/mol. The number of fused-ring (bicyclic) bond motifs is 1. The second kappa shape index (κ2) is 7.54. The predicted molar refractivity (Wildman–Crippen MR) is 107 cm³/mol. The number of rotatable bonds is 6. The zero-order chi connectivity index (χ0) is 18.8. The highest BCUT2D eigenvalue weighted by molar-refractivity contribution is 7.15. The highest BCUT2D eigenvalue weighted by atomic mass is 35.5. The first-order chi connectivity index (χ1) is 13.1. The van der Waals surface area contributed by atoms with Gasteiger partial charge in [-0.2, -0.15) is 5.10 Å². The Balaban J connectivity index is 1.49. The Labute approximate surface area is 165 Å². The summed E-state index contributed by atoms with van der Waals surface area (Å²) < 4.78 is 3.68. The van der Waals surface area contributed by atoms with Crippen LogP contribution in [0.25, 0.3) is 16.2 Å². The molecule has 3 aromatic heterocycles. The first-order valence-corrected chi connectivity index (χ1v) is 9.87. The average Bonchev–Trinajstić information content (AvgIpc) is 3.37. The molecule has 1 amide bonds. The lowest BCUT2D eigenvalue weighted by atomic mass is 10.2. The van der Waals surface area contributed by atoms with Gasteiger partial charge in [-0.25, -0.2) is 4.98 Å². The number of halogens is 1. The number of benzene rings is 1. The van der Waals surface area contributed by atoms with E-state index in [9.17, 15) is 4.79 Å². The predicted octanol–water partition coefficient (Wildman–Crippen LogP) is 4.12. The van der Waals surface area contributed by atoms with E-state index in [4.69, 9.17) is 11.6 Å².